The highest BCUT2D eigenvalue weighted by Gasteiger charge is 2.27. The van der Waals surface area contributed by atoms with E-state index in [1.807, 2.05) is 19.9 Å². The van der Waals surface area contributed by atoms with Crippen LogP contribution in [0.2, 0.25) is 5.02 Å². The van der Waals surface area contributed by atoms with Crippen molar-refractivity contribution in [3.63, 3.8) is 0 Å². The van der Waals surface area contributed by atoms with Gasteiger partial charge in [0, 0.05) is 22.8 Å². The van der Waals surface area contributed by atoms with Crippen molar-refractivity contribution in [3.05, 3.63) is 58.1 Å². The Kier molecular flexibility index (Phi) is 5.25. The van der Waals surface area contributed by atoms with E-state index in [9.17, 15) is 13.2 Å². The molecule has 0 bridgehead atoms. The molecule has 1 fully saturated rings. The van der Waals surface area contributed by atoms with Crippen LogP contribution in [-0.4, -0.2) is 26.6 Å². The fraction of sp³-hybridized carbons (Fsp3) is 0.316. The van der Waals surface area contributed by atoms with Crippen LogP contribution in [0.3, 0.4) is 0 Å². The lowest BCUT2D eigenvalue weighted by atomic mass is 10.1. The molecule has 0 aromatic heterocycles. The van der Waals surface area contributed by atoms with Crippen molar-refractivity contribution in [1.82, 2.24) is 0 Å². The smallest absolute Gasteiger partial charge is 0.255 e. The summed E-state index contributed by atoms with van der Waals surface area (Å²) in [6, 6.07) is 10.4. The maximum absolute atomic E-state index is 12.7. The number of hydrogen-bond donors (Lipinski definition) is 1. The fourth-order valence-electron chi connectivity index (χ4n) is 3.00. The molecular weight excluding hydrogens is 372 g/mol. The second-order valence-electron chi connectivity index (χ2n) is 6.51. The van der Waals surface area contributed by atoms with Gasteiger partial charge in [0.1, 0.15) is 0 Å². The summed E-state index contributed by atoms with van der Waals surface area (Å²) in [5.41, 5.74) is 3.33. The van der Waals surface area contributed by atoms with Crippen LogP contribution in [0.4, 0.5) is 11.4 Å². The second kappa shape index (κ2) is 7.29. The van der Waals surface area contributed by atoms with Crippen molar-refractivity contribution in [2.75, 3.05) is 21.9 Å². The zero-order valence-corrected chi connectivity index (χ0v) is 16.3. The normalized spacial score (nSPS) is 16.3. The van der Waals surface area contributed by atoms with E-state index in [2.05, 4.69) is 5.32 Å². The zero-order valence-electron chi connectivity index (χ0n) is 14.8. The Morgan fingerprint density at radius 3 is 2.54 bits per heavy atom. The van der Waals surface area contributed by atoms with Gasteiger partial charge in [-0.2, -0.15) is 0 Å². The number of halogens is 1. The fourth-order valence-corrected chi connectivity index (χ4v) is 4.87. The molecular formula is C19H21ClN2O3S. The maximum Gasteiger partial charge on any atom is 0.255 e. The van der Waals surface area contributed by atoms with Crippen molar-refractivity contribution in [3.8, 4) is 0 Å². The van der Waals surface area contributed by atoms with E-state index in [1.54, 1.807) is 30.3 Å². The number of nitrogens with zero attached hydrogens (tertiary/aromatic N) is 1. The van der Waals surface area contributed by atoms with Crippen molar-refractivity contribution in [1.29, 1.82) is 0 Å². The summed E-state index contributed by atoms with van der Waals surface area (Å²) in [7, 11) is -3.33. The Morgan fingerprint density at radius 2 is 1.81 bits per heavy atom. The van der Waals surface area contributed by atoms with Gasteiger partial charge < -0.3 is 5.32 Å². The molecule has 1 heterocycles. The lowest BCUT2D eigenvalue weighted by Crippen LogP contribution is -2.38. The van der Waals surface area contributed by atoms with E-state index in [1.165, 1.54) is 4.31 Å². The number of anilines is 2. The molecule has 0 atom stereocenters. The molecule has 0 saturated carbocycles. The van der Waals surface area contributed by atoms with Crippen molar-refractivity contribution in [2.24, 2.45) is 0 Å². The van der Waals surface area contributed by atoms with E-state index in [0.717, 1.165) is 17.5 Å². The van der Waals surface area contributed by atoms with Gasteiger partial charge in [0.2, 0.25) is 10.0 Å². The molecule has 2 aromatic rings. The molecule has 0 unspecified atom stereocenters. The number of hydrogen-bond acceptors (Lipinski definition) is 3. The largest absolute Gasteiger partial charge is 0.322 e. The van der Waals surface area contributed by atoms with Crippen LogP contribution in [0.1, 0.15) is 34.3 Å². The summed E-state index contributed by atoms with van der Waals surface area (Å²) in [5.74, 6) is -0.157. The van der Waals surface area contributed by atoms with Gasteiger partial charge in [-0.05, 0) is 62.1 Å². The van der Waals surface area contributed by atoms with E-state index in [4.69, 9.17) is 11.6 Å². The molecule has 138 valence electrons. The standard InChI is InChI=1S/C19H21ClN2O3S/c1-13-6-8-16(20)12-17(13)21-19(23)15-7-5-14(2)18(11-15)22-9-3-4-10-26(22,24)25/h5-8,11-12H,3-4,9-10H2,1-2H3,(H,21,23). The summed E-state index contributed by atoms with van der Waals surface area (Å²) >= 11 is 6.00. The van der Waals surface area contributed by atoms with Crippen molar-refractivity contribution < 1.29 is 13.2 Å². The highest BCUT2D eigenvalue weighted by atomic mass is 35.5. The van der Waals surface area contributed by atoms with Crippen LogP contribution in [0, 0.1) is 13.8 Å². The van der Waals surface area contributed by atoms with E-state index in [-0.39, 0.29) is 11.7 Å². The molecule has 3 rings (SSSR count). The highest BCUT2D eigenvalue weighted by Crippen LogP contribution is 2.28. The molecule has 0 aliphatic carbocycles. The van der Waals surface area contributed by atoms with Gasteiger partial charge in [-0.3, -0.25) is 9.10 Å². The van der Waals surface area contributed by atoms with Crippen molar-refractivity contribution >= 4 is 38.9 Å². The Bertz CT molecular complexity index is 957. The molecule has 2 aromatic carbocycles. The van der Waals surface area contributed by atoms with Gasteiger partial charge >= 0.3 is 0 Å². The van der Waals surface area contributed by atoms with Gasteiger partial charge in [0.15, 0.2) is 0 Å². The van der Waals surface area contributed by atoms with Crippen LogP contribution in [0.5, 0.6) is 0 Å². The second-order valence-corrected chi connectivity index (χ2v) is 8.96. The summed E-state index contributed by atoms with van der Waals surface area (Å²) in [5, 5.41) is 3.38. The molecule has 1 amide bonds. The predicted octanol–water partition coefficient (Wildman–Crippen LogP) is 4.14. The number of sulfonamides is 1. The molecule has 7 heteroatoms. The number of rotatable bonds is 3. The third kappa shape index (κ3) is 3.86. The number of amides is 1. The maximum atomic E-state index is 12.7. The van der Waals surface area contributed by atoms with Crippen LogP contribution in [-0.2, 0) is 10.0 Å². The summed E-state index contributed by atoms with van der Waals surface area (Å²) < 4.78 is 26.2. The highest BCUT2D eigenvalue weighted by molar-refractivity contribution is 7.92. The van der Waals surface area contributed by atoms with Gasteiger partial charge in [0.05, 0.1) is 11.4 Å². The van der Waals surface area contributed by atoms with Crippen LogP contribution >= 0.6 is 11.6 Å². The average Bonchev–Trinajstić information content (AvgIpc) is 2.58. The minimum absolute atomic E-state index is 0.143. The zero-order chi connectivity index (χ0) is 18.9. The Balaban J connectivity index is 1.92. The molecule has 1 aliphatic heterocycles. The third-order valence-corrected chi connectivity index (χ3v) is 6.63. The Morgan fingerprint density at radius 1 is 1.08 bits per heavy atom. The number of carbonyl (C=O) groups is 1. The van der Waals surface area contributed by atoms with Gasteiger partial charge in [-0.25, -0.2) is 8.42 Å². The lowest BCUT2D eigenvalue weighted by molar-refractivity contribution is 0.102. The Hall–Kier alpha value is -2.05. The first-order valence-electron chi connectivity index (χ1n) is 8.46. The minimum Gasteiger partial charge on any atom is -0.322 e. The predicted molar refractivity (Wildman–Crippen MR) is 106 cm³/mol. The first-order valence-corrected chi connectivity index (χ1v) is 10.5. The van der Waals surface area contributed by atoms with Crippen LogP contribution in [0.25, 0.3) is 0 Å². The van der Waals surface area contributed by atoms with E-state index in [0.29, 0.717) is 34.9 Å². The molecule has 26 heavy (non-hydrogen) atoms. The molecule has 1 saturated heterocycles. The third-order valence-electron chi connectivity index (χ3n) is 4.54. The van der Waals surface area contributed by atoms with E-state index >= 15 is 0 Å². The quantitative estimate of drug-likeness (QED) is 0.853. The Labute approximate surface area is 159 Å². The molecule has 1 aliphatic rings. The number of benzene rings is 2. The molecule has 5 nitrogen and oxygen atoms in total. The molecule has 1 N–H and O–H groups in total. The lowest BCUT2D eigenvalue weighted by Gasteiger charge is -2.29. The summed E-state index contributed by atoms with van der Waals surface area (Å²) in [6.07, 6.45) is 1.49. The van der Waals surface area contributed by atoms with Crippen LogP contribution in [0.15, 0.2) is 36.4 Å². The van der Waals surface area contributed by atoms with E-state index < -0.39 is 10.0 Å². The number of carbonyl (C=O) groups excluding carboxylic acids is 1. The summed E-state index contributed by atoms with van der Waals surface area (Å²) in [6.45, 7) is 4.18. The topological polar surface area (TPSA) is 66.5 Å². The average molecular weight is 393 g/mol. The number of aryl methyl sites for hydroxylation is 2. The van der Waals surface area contributed by atoms with Crippen LogP contribution < -0.4 is 9.62 Å². The van der Waals surface area contributed by atoms with Gasteiger partial charge in [0.25, 0.3) is 5.91 Å². The molecule has 0 radical (unpaired) electrons. The number of nitrogens with one attached hydrogen (secondary N) is 1. The van der Waals surface area contributed by atoms with Gasteiger partial charge in [-0.1, -0.05) is 23.7 Å². The van der Waals surface area contributed by atoms with Gasteiger partial charge in [-0.15, -0.1) is 0 Å². The monoisotopic (exact) mass is 392 g/mol. The first-order chi connectivity index (χ1) is 12.3. The van der Waals surface area contributed by atoms with Crippen molar-refractivity contribution in [2.45, 2.75) is 26.7 Å². The first kappa shape index (κ1) is 18.7. The summed E-state index contributed by atoms with van der Waals surface area (Å²) in [4.78, 5) is 12.7. The minimum atomic E-state index is -3.33. The SMILES string of the molecule is Cc1ccc(Cl)cc1NC(=O)c1ccc(C)c(N2CCCCS2(=O)=O)c1. The molecule has 0 spiro atoms.